The summed E-state index contributed by atoms with van der Waals surface area (Å²) >= 11 is 0. The number of rotatable bonds is 3. The zero-order valence-corrected chi connectivity index (χ0v) is 8.57. The molecular weight excluding hydrogens is 193 g/mol. The Labute approximate surface area is 88.9 Å². The summed E-state index contributed by atoms with van der Waals surface area (Å²) in [5, 5.41) is 9.93. The fourth-order valence-corrected chi connectivity index (χ4v) is 1.99. The van der Waals surface area contributed by atoms with Gasteiger partial charge in [-0.1, -0.05) is 18.6 Å². The van der Waals surface area contributed by atoms with Crippen molar-refractivity contribution in [2.45, 2.75) is 31.4 Å². The molecule has 0 bridgehead atoms. The fourth-order valence-electron chi connectivity index (χ4n) is 1.99. The molecule has 3 heteroatoms. The summed E-state index contributed by atoms with van der Waals surface area (Å²) in [5.41, 5.74) is 6.58. The highest BCUT2D eigenvalue weighted by molar-refractivity contribution is 5.21. The maximum absolute atomic E-state index is 13.0. The third-order valence-electron chi connectivity index (χ3n) is 3.23. The van der Waals surface area contributed by atoms with Gasteiger partial charge in [-0.2, -0.15) is 0 Å². The average Bonchev–Trinajstić information content (AvgIpc) is 2.14. The Bertz CT molecular complexity index is 338. The van der Waals surface area contributed by atoms with Crippen LogP contribution in [0.15, 0.2) is 24.3 Å². The molecule has 0 aromatic heterocycles. The van der Waals surface area contributed by atoms with Crippen molar-refractivity contribution in [2.24, 2.45) is 11.7 Å². The van der Waals surface area contributed by atoms with Crippen molar-refractivity contribution in [2.75, 3.05) is 0 Å². The molecule has 3 N–H and O–H groups in total. The Morgan fingerprint density at radius 2 is 2.13 bits per heavy atom. The lowest BCUT2D eigenvalue weighted by Crippen LogP contribution is -2.36. The second kappa shape index (κ2) is 4.29. The van der Waals surface area contributed by atoms with E-state index in [2.05, 4.69) is 0 Å². The monoisotopic (exact) mass is 209 g/mol. The molecule has 1 fully saturated rings. The second-order valence-electron chi connectivity index (χ2n) is 4.26. The van der Waals surface area contributed by atoms with Gasteiger partial charge < -0.3 is 10.8 Å². The van der Waals surface area contributed by atoms with Crippen molar-refractivity contribution < 1.29 is 9.50 Å². The molecule has 0 unspecified atom stereocenters. The quantitative estimate of drug-likeness (QED) is 0.799. The topological polar surface area (TPSA) is 46.2 Å². The average molecular weight is 209 g/mol. The maximum Gasteiger partial charge on any atom is 0.123 e. The van der Waals surface area contributed by atoms with Crippen LogP contribution in [0.5, 0.6) is 0 Å². The standard InChI is InChI=1S/C12H16FNO/c13-10-6-2-5-9(7-10)11(14)12(15)8-3-1-4-8/h2,5-8,11-12,15H,1,3-4,14H2/t11-,12+/m1/s1. The van der Waals surface area contributed by atoms with Crippen molar-refractivity contribution >= 4 is 0 Å². The molecule has 0 heterocycles. The molecule has 0 spiro atoms. The van der Waals surface area contributed by atoms with Crippen LogP contribution in [0.25, 0.3) is 0 Å². The number of nitrogens with two attached hydrogens (primary N) is 1. The summed E-state index contributed by atoms with van der Waals surface area (Å²) in [4.78, 5) is 0. The largest absolute Gasteiger partial charge is 0.391 e. The first kappa shape index (κ1) is 10.6. The van der Waals surface area contributed by atoms with Gasteiger partial charge in [0.15, 0.2) is 0 Å². The van der Waals surface area contributed by atoms with E-state index in [0.29, 0.717) is 11.5 Å². The van der Waals surface area contributed by atoms with Gasteiger partial charge in [-0.25, -0.2) is 4.39 Å². The van der Waals surface area contributed by atoms with E-state index in [1.807, 2.05) is 0 Å². The van der Waals surface area contributed by atoms with E-state index in [0.717, 1.165) is 19.3 Å². The summed E-state index contributed by atoms with van der Waals surface area (Å²) in [5.74, 6) is -0.00738. The zero-order valence-electron chi connectivity index (χ0n) is 8.57. The highest BCUT2D eigenvalue weighted by Crippen LogP contribution is 2.34. The van der Waals surface area contributed by atoms with Gasteiger partial charge in [0.25, 0.3) is 0 Å². The van der Waals surface area contributed by atoms with Crippen LogP contribution in [0.3, 0.4) is 0 Å². The third kappa shape index (κ3) is 2.19. The predicted molar refractivity (Wildman–Crippen MR) is 56.7 cm³/mol. The van der Waals surface area contributed by atoms with E-state index in [1.54, 1.807) is 12.1 Å². The Kier molecular flexibility index (Phi) is 3.03. The van der Waals surface area contributed by atoms with Crippen LogP contribution in [0.1, 0.15) is 30.9 Å². The van der Waals surface area contributed by atoms with Gasteiger partial charge >= 0.3 is 0 Å². The van der Waals surface area contributed by atoms with Crippen LogP contribution in [0, 0.1) is 11.7 Å². The number of halogens is 1. The molecule has 15 heavy (non-hydrogen) atoms. The predicted octanol–water partition coefficient (Wildman–Crippen LogP) is 1.99. The van der Waals surface area contributed by atoms with Crippen molar-refractivity contribution in [3.05, 3.63) is 35.6 Å². The van der Waals surface area contributed by atoms with Crippen LogP contribution in [0.4, 0.5) is 4.39 Å². The van der Waals surface area contributed by atoms with Gasteiger partial charge in [0.05, 0.1) is 12.1 Å². The molecular formula is C12H16FNO. The van der Waals surface area contributed by atoms with E-state index in [-0.39, 0.29) is 5.82 Å². The SMILES string of the molecule is N[C@H](c1cccc(F)c1)[C@@H](O)C1CCC1. The van der Waals surface area contributed by atoms with Gasteiger partial charge in [0.2, 0.25) is 0 Å². The van der Waals surface area contributed by atoms with E-state index in [4.69, 9.17) is 5.73 Å². The van der Waals surface area contributed by atoms with Gasteiger partial charge in [-0.05, 0) is 36.5 Å². The maximum atomic E-state index is 13.0. The molecule has 1 aromatic rings. The van der Waals surface area contributed by atoms with E-state index in [1.165, 1.54) is 12.1 Å². The van der Waals surface area contributed by atoms with Crippen molar-refractivity contribution in [3.8, 4) is 0 Å². The number of aliphatic hydroxyl groups is 1. The van der Waals surface area contributed by atoms with Crippen LogP contribution in [-0.2, 0) is 0 Å². The van der Waals surface area contributed by atoms with Crippen LogP contribution < -0.4 is 5.73 Å². The van der Waals surface area contributed by atoms with E-state index < -0.39 is 12.1 Å². The summed E-state index contributed by atoms with van der Waals surface area (Å²) < 4.78 is 13.0. The Morgan fingerprint density at radius 3 is 2.67 bits per heavy atom. The molecule has 1 aromatic carbocycles. The first-order chi connectivity index (χ1) is 7.18. The lowest BCUT2D eigenvalue weighted by Gasteiger charge is -2.33. The summed E-state index contributed by atoms with van der Waals surface area (Å²) in [6.07, 6.45) is 2.69. The van der Waals surface area contributed by atoms with E-state index in [9.17, 15) is 9.50 Å². The molecule has 1 aliphatic rings. The first-order valence-corrected chi connectivity index (χ1v) is 5.37. The van der Waals surface area contributed by atoms with Crippen molar-refractivity contribution in [1.82, 2.24) is 0 Å². The molecule has 0 amide bonds. The Hall–Kier alpha value is -0.930. The van der Waals surface area contributed by atoms with Crippen molar-refractivity contribution in [3.63, 3.8) is 0 Å². The summed E-state index contributed by atoms with van der Waals surface area (Å²) in [6, 6.07) is 5.69. The molecule has 1 saturated carbocycles. The lowest BCUT2D eigenvalue weighted by atomic mass is 9.77. The molecule has 1 aliphatic carbocycles. The first-order valence-electron chi connectivity index (χ1n) is 5.37. The van der Waals surface area contributed by atoms with E-state index >= 15 is 0 Å². The van der Waals surface area contributed by atoms with Gasteiger partial charge in [-0.15, -0.1) is 0 Å². The van der Waals surface area contributed by atoms with Gasteiger partial charge in [0, 0.05) is 0 Å². The van der Waals surface area contributed by atoms with Gasteiger partial charge in [-0.3, -0.25) is 0 Å². The number of benzene rings is 1. The molecule has 0 saturated heterocycles. The van der Waals surface area contributed by atoms with Crippen LogP contribution in [-0.4, -0.2) is 11.2 Å². The molecule has 82 valence electrons. The number of hydrogen-bond donors (Lipinski definition) is 2. The normalized spacial score (nSPS) is 20.7. The number of hydrogen-bond acceptors (Lipinski definition) is 2. The lowest BCUT2D eigenvalue weighted by molar-refractivity contribution is 0.0413. The number of aliphatic hydroxyl groups excluding tert-OH is 1. The fraction of sp³-hybridized carbons (Fsp3) is 0.500. The Morgan fingerprint density at radius 1 is 1.40 bits per heavy atom. The minimum Gasteiger partial charge on any atom is -0.391 e. The minimum absolute atomic E-state index is 0.295. The molecule has 2 nitrogen and oxygen atoms in total. The summed E-state index contributed by atoms with van der Waals surface area (Å²) in [7, 11) is 0. The Balaban J connectivity index is 2.08. The van der Waals surface area contributed by atoms with Crippen LogP contribution >= 0.6 is 0 Å². The molecule has 0 aliphatic heterocycles. The highest BCUT2D eigenvalue weighted by Gasteiger charge is 2.30. The summed E-state index contributed by atoms with van der Waals surface area (Å²) in [6.45, 7) is 0. The van der Waals surface area contributed by atoms with Crippen molar-refractivity contribution in [1.29, 1.82) is 0 Å². The second-order valence-corrected chi connectivity index (χ2v) is 4.26. The van der Waals surface area contributed by atoms with Crippen LogP contribution in [0.2, 0.25) is 0 Å². The third-order valence-corrected chi connectivity index (χ3v) is 3.23. The molecule has 0 radical (unpaired) electrons. The minimum atomic E-state index is -0.541. The molecule has 2 rings (SSSR count). The highest BCUT2D eigenvalue weighted by atomic mass is 19.1. The zero-order chi connectivity index (χ0) is 10.8. The smallest absolute Gasteiger partial charge is 0.123 e. The van der Waals surface area contributed by atoms with Gasteiger partial charge in [0.1, 0.15) is 5.82 Å². The molecule has 2 atom stereocenters.